The average molecular weight is 920 g/mol. The van der Waals surface area contributed by atoms with E-state index < -0.39 is 0 Å². The van der Waals surface area contributed by atoms with Gasteiger partial charge in [-0.15, -0.1) is 34.0 Å². The fraction of sp³-hybridized carbons (Fsp3) is 0. The summed E-state index contributed by atoms with van der Waals surface area (Å²) in [6.07, 6.45) is 0. The highest BCUT2D eigenvalue weighted by atomic mass is 32.1. The quantitative estimate of drug-likeness (QED) is 0.173. The van der Waals surface area contributed by atoms with Gasteiger partial charge in [0, 0.05) is 73.2 Å². The first-order valence-electron chi connectivity index (χ1n) is 22.6. The molecule has 0 amide bonds. The molecule has 0 saturated heterocycles. The minimum absolute atomic E-state index is 0.573. The summed E-state index contributed by atoms with van der Waals surface area (Å²) in [5.74, 6) is 1.83. The first-order chi connectivity index (χ1) is 33.7. The van der Waals surface area contributed by atoms with E-state index in [0.717, 1.165) is 65.4 Å². The Bertz CT molecular complexity index is 4410. The molecule has 15 rings (SSSR count). The Morgan fingerprint density at radius 3 is 1.56 bits per heavy atom. The number of hydrogen-bond acceptors (Lipinski definition) is 7. The third-order valence-electron chi connectivity index (χ3n) is 13.5. The first kappa shape index (κ1) is 38.0. The number of thiophene rings is 2. The fourth-order valence-electron chi connectivity index (χ4n) is 10.3. The second-order valence-electron chi connectivity index (χ2n) is 17.3. The SMILES string of the molecule is c1ccc2c(c1)ccc1c2c2cc(-c3ccc(-c4nc5ccccc5s4)cc3)c3ccccc3c2n1-c1nc(-c2ccc3sc4ccccc4c3c2)nc(-c2ccc3sc4ccccc4c3c2)n1. The van der Waals surface area contributed by atoms with E-state index in [1.165, 1.54) is 61.4 Å². The fourth-order valence-corrected chi connectivity index (χ4v) is 13.5. The van der Waals surface area contributed by atoms with Crippen LogP contribution in [0.15, 0.2) is 200 Å². The normalized spacial score (nSPS) is 12.1. The summed E-state index contributed by atoms with van der Waals surface area (Å²) in [7, 11) is 0. The molecular weight excluding hydrogens is 887 g/mol. The number of benzene rings is 10. The Balaban J connectivity index is 1.00. The highest BCUT2D eigenvalue weighted by molar-refractivity contribution is 7.26. The van der Waals surface area contributed by atoms with Crippen molar-refractivity contribution < 1.29 is 0 Å². The molecule has 68 heavy (non-hydrogen) atoms. The maximum Gasteiger partial charge on any atom is 0.238 e. The summed E-state index contributed by atoms with van der Waals surface area (Å²) in [4.78, 5) is 21.3. The zero-order chi connectivity index (χ0) is 44.5. The average Bonchev–Trinajstić information content (AvgIpc) is 4.18. The molecule has 0 bridgehead atoms. The zero-order valence-corrected chi connectivity index (χ0v) is 38.5. The first-order valence-corrected chi connectivity index (χ1v) is 25.1. The predicted molar refractivity (Wildman–Crippen MR) is 290 cm³/mol. The Labute approximate surface area is 400 Å². The zero-order valence-electron chi connectivity index (χ0n) is 36.0. The van der Waals surface area contributed by atoms with Crippen molar-refractivity contribution in [1.82, 2.24) is 24.5 Å². The molecule has 0 N–H and O–H groups in total. The Morgan fingerprint density at radius 1 is 0.338 bits per heavy atom. The molecule has 0 aliphatic heterocycles. The summed E-state index contributed by atoms with van der Waals surface area (Å²) < 4.78 is 8.50. The largest absolute Gasteiger partial charge is 0.277 e. The molecule has 0 unspecified atom stereocenters. The maximum absolute atomic E-state index is 5.51. The van der Waals surface area contributed by atoms with Gasteiger partial charge in [0.25, 0.3) is 0 Å². The molecule has 316 valence electrons. The van der Waals surface area contributed by atoms with Crippen molar-refractivity contribution in [1.29, 1.82) is 0 Å². The minimum Gasteiger partial charge on any atom is -0.277 e. The molecule has 5 nitrogen and oxygen atoms in total. The molecule has 0 saturated carbocycles. The van der Waals surface area contributed by atoms with Crippen LogP contribution in [-0.2, 0) is 0 Å². The van der Waals surface area contributed by atoms with Gasteiger partial charge in [-0.3, -0.25) is 4.57 Å². The van der Waals surface area contributed by atoms with Crippen LogP contribution in [0.25, 0.3) is 144 Å². The van der Waals surface area contributed by atoms with Crippen LogP contribution in [0.5, 0.6) is 0 Å². The van der Waals surface area contributed by atoms with Crippen molar-refractivity contribution in [3.63, 3.8) is 0 Å². The number of aromatic nitrogens is 5. The smallest absolute Gasteiger partial charge is 0.238 e. The standard InChI is InChI=1S/C60H33N5S3/c1-2-12-39-34(11-1)25-28-49-55(39)47-33-44(35-21-23-36(24-22-35)59-61-48-17-7-10-20-54(48)68-59)40-13-3-4-16-43(40)56(47)65(49)60-63-57(37-26-29-52-45(31-37)41-14-5-8-18-50(41)66-52)62-58(64-60)38-27-30-53-46(32-38)42-15-6-9-19-51(42)67-53/h1-33H. The number of hydrogen-bond donors (Lipinski definition) is 0. The van der Waals surface area contributed by atoms with Gasteiger partial charge in [0.05, 0.1) is 21.3 Å². The van der Waals surface area contributed by atoms with E-state index in [-0.39, 0.29) is 0 Å². The van der Waals surface area contributed by atoms with Gasteiger partial charge in [0.1, 0.15) is 5.01 Å². The Morgan fingerprint density at radius 2 is 0.882 bits per heavy atom. The lowest BCUT2D eigenvalue weighted by molar-refractivity contribution is 0.956. The lowest BCUT2D eigenvalue weighted by Crippen LogP contribution is -2.06. The van der Waals surface area contributed by atoms with Crippen molar-refractivity contribution in [3.05, 3.63) is 200 Å². The molecule has 5 heterocycles. The van der Waals surface area contributed by atoms with Crippen molar-refractivity contribution >= 4 is 128 Å². The third-order valence-corrected chi connectivity index (χ3v) is 16.9. The van der Waals surface area contributed by atoms with Crippen molar-refractivity contribution in [2.75, 3.05) is 0 Å². The summed E-state index contributed by atoms with van der Waals surface area (Å²) in [6.45, 7) is 0. The molecule has 10 aromatic carbocycles. The summed E-state index contributed by atoms with van der Waals surface area (Å²) in [6, 6.07) is 72.2. The molecule has 0 fully saturated rings. The van der Waals surface area contributed by atoms with E-state index in [9.17, 15) is 0 Å². The van der Waals surface area contributed by atoms with E-state index in [1.807, 2.05) is 28.7 Å². The second-order valence-corrected chi connectivity index (χ2v) is 20.5. The van der Waals surface area contributed by atoms with Crippen LogP contribution in [-0.4, -0.2) is 24.5 Å². The van der Waals surface area contributed by atoms with Crippen LogP contribution in [0.2, 0.25) is 0 Å². The van der Waals surface area contributed by atoms with Crippen LogP contribution >= 0.6 is 34.0 Å². The highest BCUT2D eigenvalue weighted by Crippen LogP contribution is 2.45. The van der Waals surface area contributed by atoms with Gasteiger partial charge < -0.3 is 0 Å². The summed E-state index contributed by atoms with van der Waals surface area (Å²) >= 11 is 5.36. The molecule has 5 aromatic heterocycles. The van der Waals surface area contributed by atoms with Crippen molar-refractivity contribution in [3.8, 4) is 50.4 Å². The lowest BCUT2D eigenvalue weighted by atomic mass is 9.94. The van der Waals surface area contributed by atoms with Crippen molar-refractivity contribution in [2.45, 2.75) is 0 Å². The molecule has 8 heteroatoms. The van der Waals surface area contributed by atoms with E-state index in [2.05, 4.69) is 199 Å². The van der Waals surface area contributed by atoms with Gasteiger partial charge in [0.15, 0.2) is 11.6 Å². The molecule has 0 atom stereocenters. The number of nitrogens with zero attached hydrogens (tertiary/aromatic N) is 5. The number of rotatable bonds is 5. The highest BCUT2D eigenvalue weighted by Gasteiger charge is 2.23. The van der Waals surface area contributed by atoms with Crippen LogP contribution in [0.4, 0.5) is 0 Å². The number of para-hydroxylation sites is 1. The van der Waals surface area contributed by atoms with Gasteiger partial charge in [-0.05, 0) is 100 Å². The van der Waals surface area contributed by atoms with E-state index >= 15 is 0 Å². The van der Waals surface area contributed by atoms with Gasteiger partial charge in [-0.1, -0.05) is 127 Å². The summed E-state index contributed by atoms with van der Waals surface area (Å²) in [5.41, 5.74) is 8.44. The molecule has 0 aliphatic rings. The molecular formula is C60H33N5S3. The molecule has 0 spiro atoms. The van der Waals surface area contributed by atoms with Crippen LogP contribution < -0.4 is 0 Å². The lowest BCUT2D eigenvalue weighted by Gasteiger charge is -2.14. The number of fused-ring (bicyclic) bond motifs is 14. The second kappa shape index (κ2) is 14.7. The summed E-state index contributed by atoms with van der Waals surface area (Å²) in [5, 5.41) is 12.8. The third kappa shape index (κ3) is 5.78. The van der Waals surface area contributed by atoms with E-state index in [0.29, 0.717) is 17.6 Å². The van der Waals surface area contributed by atoms with E-state index in [1.54, 1.807) is 11.3 Å². The monoisotopic (exact) mass is 919 g/mol. The number of thiazole rings is 1. The van der Waals surface area contributed by atoms with Gasteiger partial charge in [-0.25, -0.2) is 9.97 Å². The minimum atomic E-state index is 0.573. The van der Waals surface area contributed by atoms with Gasteiger partial charge in [0.2, 0.25) is 5.95 Å². The van der Waals surface area contributed by atoms with Crippen molar-refractivity contribution in [2.24, 2.45) is 0 Å². The van der Waals surface area contributed by atoms with Gasteiger partial charge in [-0.2, -0.15) is 9.97 Å². The van der Waals surface area contributed by atoms with Crippen LogP contribution in [0.1, 0.15) is 0 Å². The Hall–Kier alpha value is -8.14. The topological polar surface area (TPSA) is 56.5 Å². The van der Waals surface area contributed by atoms with Crippen LogP contribution in [0.3, 0.4) is 0 Å². The molecule has 15 aromatic rings. The molecule has 0 aliphatic carbocycles. The predicted octanol–water partition coefficient (Wildman–Crippen LogP) is 17.3. The maximum atomic E-state index is 5.51. The van der Waals surface area contributed by atoms with Gasteiger partial charge >= 0.3 is 0 Å². The van der Waals surface area contributed by atoms with Crippen LogP contribution in [0, 0.1) is 0 Å². The Kier molecular flexibility index (Phi) is 8.21. The van der Waals surface area contributed by atoms with E-state index in [4.69, 9.17) is 19.9 Å². The molecule has 0 radical (unpaired) electrons.